The number of rotatable bonds is 3. The van der Waals surface area contributed by atoms with Gasteiger partial charge in [-0.05, 0) is 19.4 Å². The van der Waals surface area contributed by atoms with Crippen molar-refractivity contribution in [1.82, 2.24) is 5.43 Å². The molecular formula is C12H14N2O3. The number of benzene rings is 1. The number of carbonyl (C=O) groups is 2. The van der Waals surface area contributed by atoms with Gasteiger partial charge in [0.25, 0.3) is 0 Å². The number of esters is 1. The Morgan fingerprint density at radius 2 is 1.94 bits per heavy atom. The van der Waals surface area contributed by atoms with Crippen LogP contribution in [0, 0.1) is 0 Å². The van der Waals surface area contributed by atoms with E-state index in [2.05, 4.69) is 15.3 Å². The third-order valence-electron chi connectivity index (χ3n) is 1.98. The molecule has 0 fully saturated rings. The van der Waals surface area contributed by atoms with Crippen molar-refractivity contribution in [3.8, 4) is 0 Å². The van der Waals surface area contributed by atoms with Crippen molar-refractivity contribution in [3.05, 3.63) is 35.9 Å². The molecule has 0 atom stereocenters. The molecule has 5 nitrogen and oxygen atoms in total. The first-order chi connectivity index (χ1) is 8.15. The third kappa shape index (κ3) is 4.06. The average molecular weight is 234 g/mol. The molecule has 1 aromatic carbocycles. The molecule has 0 aliphatic carbocycles. The third-order valence-corrected chi connectivity index (χ3v) is 1.98. The smallest absolute Gasteiger partial charge is 0.398 e. The summed E-state index contributed by atoms with van der Waals surface area (Å²) in [5, 5.41) is 3.81. The van der Waals surface area contributed by atoms with Crippen molar-refractivity contribution in [3.63, 3.8) is 0 Å². The Bertz CT molecular complexity index is 427. The topological polar surface area (TPSA) is 67.8 Å². The van der Waals surface area contributed by atoms with E-state index in [4.69, 9.17) is 0 Å². The molecule has 0 spiro atoms. The van der Waals surface area contributed by atoms with E-state index in [1.165, 1.54) is 0 Å². The summed E-state index contributed by atoms with van der Waals surface area (Å²) < 4.78 is 4.52. The van der Waals surface area contributed by atoms with Crippen molar-refractivity contribution in [2.45, 2.75) is 13.8 Å². The van der Waals surface area contributed by atoms with Gasteiger partial charge >= 0.3 is 11.9 Å². The molecular weight excluding hydrogens is 220 g/mol. The lowest BCUT2D eigenvalue weighted by Gasteiger charge is -2.02. The Morgan fingerprint density at radius 3 is 2.53 bits per heavy atom. The molecule has 0 unspecified atom stereocenters. The number of nitrogens with zero attached hydrogens (tertiary/aromatic N) is 1. The Balaban J connectivity index is 2.60. The van der Waals surface area contributed by atoms with Crippen LogP contribution < -0.4 is 5.43 Å². The summed E-state index contributed by atoms with van der Waals surface area (Å²) in [4.78, 5) is 22.2. The molecule has 0 bridgehead atoms. The lowest BCUT2D eigenvalue weighted by atomic mass is 10.1. The molecule has 0 saturated heterocycles. The van der Waals surface area contributed by atoms with Gasteiger partial charge < -0.3 is 4.74 Å². The number of hydrogen-bond donors (Lipinski definition) is 1. The predicted molar refractivity (Wildman–Crippen MR) is 63.4 cm³/mol. The summed E-state index contributed by atoms with van der Waals surface area (Å²) >= 11 is 0. The van der Waals surface area contributed by atoms with Crippen LogP contribution in [0.15, 0.2) is 35.4 Å². The molecule has 0 aliphatic heterocycles. The molecule has 1 N–H and O–H groups in total. The zero-order chi connectivity index (χ0) is 12.7. The largest absolute Gasteiger partial charge is 0.459 e. The molecule has 0 aliphatic rings. The van der Waals surface area contributed by atoms with Crippen molar-refractivity contribution >= 4 is 17.6 Å². The number of hydrazone groups is 1. The van der Waals surface area contributed by atoms with Crippen LogP contribution in [0.5, 0.6) is 0 Å². The Hall–Kier alpha value is -2.17. The van der Waals surface area contributed by atoms with Crippen LogP contribution in [0.3, 0.4) is 0 Å². The number of carbonyl (C=O) groups excluding carboxylic acids is 2. The first-order valence-electron chi connectivity index (χ1n) is 5.22. The highest BCUT2D eigenvalue weighted by Crippen LogP contribution is 1.99. The Labute approximate surface area is 99.5 Å². The highest BCUT2D eigenvalue weighted by molar-refractivity contribution is 6.32. The summed E-state index contributed by atoms with van der Waals surface area (Å²) in [7, 11) is 0. The predicted octanol–water partition coefficient (Wildman–Crippen LogP) is 1.09. The second kappa shape index (κ2) is 6.42. The fourth-order valence-electron chi connectivity index (χ4n) is 1.12. The van der Waals surface area contributed by atoms with Gasteiger partial charge in [-0.1, -0.05) is 30.3 Å². The highest BCUT2D eigenvalue weighted by Gasteiger charge is 2.13. The number of ether oxygens (including phenoxy) is 1. The van der Waals surface area contributed by atoms with E-state index >= 15 is 0 Å². The molecule has 90 valence electrons. The Kier molecular flexibility index (Phi) is 4.87. The van der Waals surface area contributed by atoms with Crippen LogP contribution in [0.2, 0.25) is 0 Å². The van der Waals surface area contributed by atoms with E-state index in [-0.39, 0.29) is 6.61 Å². The molecule has 0 heterocycles. The normalized spacial score (nSPS) is 10.8. The molecule has 1 aromatic rings. The summed E-state index contributed by atoms with van der Waals surface area (Å²) in [6.45, 7) is 3.53. The van der Waals surface area contributed by atoms with Gasteiger partial charge in [-0.3, -0.25) is 4.79 Å². The second-order valence-corrected chi connectivity index (χ2v) is 3.22. The van der Waals surface area contributed by atoms with Gasteiger partial charge in [0.2, 0.25) is 0 Å². The molecule has 5 heteroatoms. The summed E-state index contributed by atoms with van der Waals surface area (Å²) in [5.41, 5.74) is 3.63. The molecule has 17 heavy (non-hydrogen) atoms. The van der Waals surface area contributed by atoms with Crippen molar-refractivity contribution in [2.24, 2.45) is 5.10 Å². The van der Waals surface area contributed by atoms with Crippen LogP contribution in [-0.2, 0) is 14.3 Å². The first kappa shape index (κ1) is 12.9. The fourth-order valence-corrected chi connectivity index (χ4v) is 1.12. The maximum atomic E-state index is 11.2. The molecule has 0 aromatic heterocycles. The standard InChI is InChI=1S/C12H14N2O3/c1-3-17-12(16)11(15)14-13-9(2)10-7-5-4-6-8-10/h4-8H,3H2,1-2H3,(H,14,15). The average Bonchev–Trinajstić information content (AvgIpc) is 2.36. The number of hydrogen-bond acceptors (Lipinski definition) is 4. The lowest BCUT2D eigenvalue weighted by Crippen LogP contribution is -2.29. The van der Waals surface area contributed by atoms with Crippen molar-refractivity contribution in [1.29, 1.82) is 0 Å². The minimum absolute atomic E-state index is 0.160. The van der Waals surface area contributed by atoms with E-state index in [9.17, 15) is 9.59 Å². The minimum atomic E-state index is -0.933. The first-order valence-corrected chi connectivity index (χ1v) is 5.22. The number of nitrogens with one attached hydrogen (secondary N) is 1. The van der Waals surface area contributed by atoms with E-state index in [1.54, 1.807) is 13.8 Å². The van der Waals surface area contributed by atoms with E-state index < -0.39 is 11.9 Å². The van der Waals surface area contributed by atoms with E-state index in [0.717, 1.165) is 5.56 Å². The van der Waals surface area contributed by atoms with Gasteiger partial charge in [0.05, 0.1) is 12.3 Å². The zero-order valence-corrected chi connectivity index (χ0v) is 9.77. The molecule has 0 saturated carbocycles. The van der Waals surface area contributed by atoms with E-state index in [0.29, 0.717) is 5.71 Å². The maximum absolute atomic E-state index is 11.2. The van der Waals surface area contributed by atoms with Gasteiger partial charge in [-0.2, -0.15) is 5.10 Å². The zero-order valence-electron chi connectivity index (χ0n) is 9.77. The quantitative estimate of drug-likeness (QED) is 0.368. The summed E-state index contributed by atoms with van der Waals surface area (Å²) in [6, 6.07) is 9.32. The van der Waals surface area contributed by atoms with Gasteiger partial charge in [-0.25, -0.2) is 10.2 Å². The van der Waals surface area contributed by atoms with Crippen LogP contribution in [0.1, 0.15) is 19.4 Å². The Morgan fingerprint density at radius 1 is 1.29 bits per heavy atom. The molecule has 1 amide bonds. The van der Waals surface area contributed by atoms with Crippen LogP contribution in [0.25, 0.3) is 0 Å². The van der Waals surface area contributed by atoms with Crippen molar-refractivity contribution < 1.29 is 14.3 Å². The fraction of sp³-hybridized carbons (Fsp3) is 0.250. The lowest BCUT2D eigenvalue weighted by molar-refractivity contribution is -0.154. The van der Waals surface area contributed by atoms with Crippen LogP contribution in [0.4, 0.5) is 0 Å². The van der Waals surface area contributed by atoms with Gasteiger partial charge in [-0.15, -0.1) is 0 Å². The molecule has 0 radical (unpaired) electrons. The van der Waals surface area contributed by atoms with Crippen LogP contribution >= 0.6 is 0 Å². The van der Waals surface area contributed by atoms with Gasteiger partial charge in [0.15, 0.2) is 0 Å². The monoisotopic (exact) mass is 234 g/mol. The van der Waals surface area contributed by atoms with Crippen LogP contribution in [-0.4, -0.2) is 24.2 Å². The molecule has 1 rings (SSSR count). The number of amides is 1. The summed E-state index contributed by atoms with van der Waals surface area (Å²) in [5.74, 6) is -1.81. The maximum Gasteiger partial charge on any atom is 0.398 e. The minimum Gasteiger partial charge on any atom is -0.459 e. The van der Waals surface area contributed by atoms with Crippen molar-refractivity contribution in [2.75, 3.05) is 6.61 Å². The van der Waals surface area contributed by atoms with Gasteiger partial charge in [0.1, 0.15) is 0 Å². The van der Waals surface area contributed by atoms with E-state index in [1.807, 2.05) is 30.3 Å². The van der Waals surface area contributed by atoms with Gasteiger partial charge in [0, 0.05) is 0 Å². The summed E-state index contributed by atoms with van der Waals surface area (Å²) in [6.07, 6.45) is 0. The second-order valence-electron chi connectivity index (χ2n) is 3.22. The highest BCUT2D eigenvalue weighted by atomic mass is 16.5. The SMILES string of the molecule is CCOC(=O)C(=O)NN=C(C)c1ccccc1.